The zero-order valence-electron chi connectivity index (χ0n) is 17.8. The summed E-state index contributed by atoms with van der Waals surface area (Å²) < 4.78 is 38.0. The van der Waals surface area contributed by atoms with Crippen LogP contribution in [0.15, 0.2) is 71.6 Å². The second-order valence-corrected chi connectivity index (χ2v) is 9.22. The van der Waals surface area contributed by atoms with Crippen molar-refractivity contribution in [1.82, 2.24) is 10.0 Å². The Bertz CT molecular complexity index is 1230. The maximum absolute atomic E-state index is 12.8. The summed E-state index contributed by atoms with van der Waals surface area (Å²) in [6.07, 6.45) is -0.876. The molecule has 0 radical (unpaired) electrons. The van der Waals surface area contributed by atoms with Crippen LogP contribution in [-0.4, -0.2) is 39.7 Å². The first-order chi connectivity index (χ1) is 15.8. The van der Waals surface area contributed by atoms with Gasteiger partial charge >= 0.3 is 12.1 Å². The monoisotopic (exact) mass is 490 g/mol. The molecule has 0 fully saturated rings. The van der Waals surface area contributed by atoms with Crippen molar-refractivity contribution in [3.63, 3.8) is 0 Å². The molecule has 0 spiro atoms. The van der Waals surface area contributed by atoms with Crippen molar-refractivity contribution in [3.8, 4) is 0 Å². The zero-order valence-corrected chi connectivity index (χ0v) is 19.4. The van der Waals surface area contributed by atoms with Crippen LogP contribution in [0.1, 0.15) is 12.5 Å². The molecule has 33 heavy (non-hydrogen) atoms. The zero-order chi connectivity index (χ0) is 23.8. The van der Waals surface area contributed by atoms with E-state index in [2.05, 4.69) is 10.0 Å². The van der Waals surface area contributed by atoms with Gasteiger partial charge in [-0.25, -0.2) is 22.7 Å². The number of nitrogens with one attached hydrogen (secondary N) is 2. The number of ether oxygens (including phenoxy) is 2. The molecule has 174 valence electrons. The molecule has 1 unspecified atom stereocenters. The highest BCUT2D eigenvalue weighted by molar-refractivity contribution is 7.89. The Morgan fingerprint density at radius 2 is 1.67 bits per heavy atom. The van der Waals surface area contributed by atoms with Crippen LogP contribution >= 0.6 is 11.6 Å². The van der Waals surface area contributed by atoms with Crippen molar-refractivity contribution in [2.24, 2.45) is 0 Å². The summed E-state index contributed by atoms with van der Waals surface area (Å²) in [5.74, 6) is -0.787. The first-order valence-corrected chi connectivity index (χ1v) is 12.0. The Labute approximate surface area is 196 Å². The van der Waals surface area contributed by atoms with Crippen molar-refractivity contribution in [2.45, 2.75) is 24.5 Å². The highest BCUT2D eigenvalue weighted by atomic mass is 35.5. The third-order valence-corrected chi connectivity index (χ3v) is 6.29. The van der Waals surface area contributed by atoms with Crippen molar-refractivity contribution in [1.29, 1.82) is 0 Å². The van der Waals surface area contributed by atoms with E-state index in [4.69, 9.17) is 21.1 Å². The van der Waals surface area contributed by atoms with Gasteiger partial charge in [0, 0.05) is 11.6 Å². The maximum atomic E-state index is 12.8. The van der Waals surface area contributed by atoms with E-state index in [0.717, 1.165) is 10.9 Å². The van der Waals surface area contributed by atoms with Crippen LogP contribution < -0.4 is 10.0 Å². The topological polar surface area (TPSA) is 111 Å². The minimum Gasteiger partial charge on any atom is -0.464 e. The Hall–Kier alpha value is -3.14. The molecule has 1 amide bonds. The Balaban J connectivity index is 1.67. The molecule has 0 bridgehead atoms. The molecule has 2 N–H and O–H groups in total. The SMILES string of the molecule is CCOC(=O)C(CNS(=O)(=O)c1ccc2cc(Cl)ccc2c1)NC(=O)OCc1ccccc1. The normalized spacial score (nSPS) is 12.2. The number of carbonyl (C=O) groups excluding carboxylic acids is 2. The van der Waals surface area contributed by atoms with Gasteiger partial charge in [0.2, 0.25) is 10.0 Å². The number of alkyl carbamates (subject to hydrolysis) is 1. The highest BCUT2D eigenvalue weighted by Gasteiger charge is 2.26. The molecule has 3 aromatic rings. The third-order valence-electron chi connectivity index (χ3n) is 4.64. The molecular weight excluding hydrogens is 468 g/mol. The smallest absolute Gasteiger partial charge is 0.408 e. The van der Waals surface area contributed by atoms with Gasteiger partial charge in [0.15, 0.2) is 0 Å². The molecule has 0 aliphatic heterocycles. The van der Waals surface area contributed by atoms with Crippen LogP contribution in [0.2, 0.25) is 5.02 Å². The van der Waals surface area contributed by atoms with Crippen molar-refractivity contribution < 1.29 is 27.5 Å². The summed E-state index contributed by atoms with van der Waals surface area (Å²) in [5.41, 5.74) is 0.763. The fourth-order valence-electron chi connectivity index (χ4n) is 2.98. The van der Waals surface area contributed by atoms with E-state index in [1.807, 2.05) is 6.07 Å². The fourth-order valence-corrected chi connectivity index (χ4v) is 4.24. The quantitative estimate of drug-likeness (QED) is 0.443. The second-order valence-electron chi connectivity index (χ2n) is 7.02. The molecular formula is C23H23ClN2O6S. The van der Waals surface area contributed by atoms with Crippen LogP contribution in [0, 0.1) is 0 Å². The number of hydrogen-bond acceptors (Lipinski definition) is 6. The van der Waals surface area contributed by atoms with Gasteiger partial charge in [-0.1, -0.05) is 54.1 Å². The van der Waals surface area contributed by atoms with Gasteiger partial charge in [0.25, 0.3) is 0 Å². The third kappa shape index (κ3) is 6.92. The number of benzene rings is 3. The molecule has 8 nitrogen and oxygen atoms in total. The van der Waals surface area contributed by atoms with Gasteiger partial charge in [-0.2, -0.15) is 0 Å². The van der Waals surface area contributed by atoms with Crippen LogP contribution in [0.4, 0.5) is 4.79 Å². The number of fused-ring (bicyclic) bond motifs is 1. The number of sulfonamides is 1. The number of halogens is 1. The van der Waals surface area contributed by atoms with Crippen LogP contribution in [-0.2, 0) is 30.9 Å². The van der Waals surface area contributed by atoms with Crippen molar-refractivity contribution >= 4 is 44.5 Å². The lowest BCUT2D eigenvalue weighted by molar-refractivity contribution is -0.145. The molecule has 0 saturated heterocycles. The number of carbonyl (C=O) groups is 2. The molecule has 10 heteroatoms. The number of rotatable bonds is 9. The number of hydrogen-bond donors (Lipinski definition) is 2. The van der Waals surface area contributed by atoms with Gasteiger partial charge in [-0.3, -0.25) is 0 Å². The Morgan fingerprint density at radius 3 is 2.39 bits per heavy atom. The highest BCUT2D eigenvalue weighted by Crippen LogP contribution is 2.22. The molecule has 3 aromatic carbocycles. The lowest BCUT2D eigenvalue weighted by Gasteiger charge is -2.18. The van der Waals surface area contributed by atoms with E-state index in [1.54, 1.807) is 55.5 Å². The minimum atomic E-state index is -3.98. The molecule has 0 heterocycles. The summed E-state index contributed by atoms with van der Waals surface area (Å²) in [4.78, 5) is 24.5. The molecule has 0 aliphatic carbocycles. The minimum absolute atomic E-state index is 0.00491. The predicted molar refractivity (Wildman–Crippen MR) is 124 cm³/mol. The van der Waals surface area contributed by atoms with Gasteiger partial charge in [0.1, 0.15) is 12.6 Å². The van der Waals surface area contributed by atoms with Crippen LogP contribution in [0.3, 0.4) is 0 Å². The van der Waals surface area contributed by atoms with Crippen molar-refractivity contribution in [2.75, 3.05) is 13.2 Å². The summed E-state index contributed by atoms with van der Waals surface area (Å²) in [5, 5.41) is 4.37. The molecule has 1 atom stereocenters. The van der Waals surface area contributed by atoms with Gasteiger partial charge in [0.05, 0.1) is 11.5 Å². The largest absolute Gasteiger partial charge is 0.464 e. The molecule has 0 aliphatic rings. The van der Waals surface area contributed by atoms with E-state index in [1.165, 1.54) is 12.1 Å². The average molecular weight is 491 g/mol. The standard InChI is InChI=1S/C23H23ClN2O6S/c1-2-31-22(27)21(26-23(28)32-15-16-6-4-3-5-7-16)14-25-33(29,30)20-11-9-17-12-19(24)10-8-18(17)13-20/h3-13,21,25H,2,14-15H2,1H3,(H,26,28). The Kier molecular flexibility index (Phi) is 8.26. The number of amides is 1. The second kappa shape index (κ2) is 11.1. The van der Waals surface area contributed by atoms with Crippen LogP contribution in [0.5, 0.6) is 0 Å². The average Bonchev–Trinajstić information content (AvgIpc) is 2.80. The molecule has 0 saturated carbocycles. The van der Waals surface area contributed by atoms with Crippen LogP contribution in [0.25, 0.3) is 10.8 Å². The lowest BCUT2D eigenvalue weighted by atomic mass is 10.1. The lowest BCUT2D eigenvalue weighted by Crippen LogP contribution is -2.49. The van der Waals surface area contributed by atoms with Crippen molar-refractivity contribution in [3.05, 3.63) is 77.3 Å². The summed E-state index contributed by atoms with van der Waals surface area (Å²) >= 11 is 5.97. The Morgan fingerprint density at radius 1 is 0.970 bits per heavy atom. The fraction of sp³-hybridized carbons (Fsp3) is 0.217. The molecule has 3 rings (SSSR count). The van der Waals surface area contributed by atoms with Gasteiger partial charge < -0.3 is 14.8 Å². The summed E-state index contributed by atoms with van der Waals surface area (Å²) in [6.45, 7) is 1.25. The van der Waals surface area contributed by atoms with E-state index < -0.39 is 34.7 Å². The van der Waals surface area contributed by atoms with E-state index >= 15 is 0 Å². The van der Waals surface area contributed by atoms with Gasteiger partial charge in [-0.05, 0) is 47.5 Å². The van der Waals surface area contributed by atoms with E-state index in [0.29, 0.717) is 10.4 Å². The first-order valence-electron chi connectivity index (χ1n) is 10.1. The first kappa shape index (κ1) is 24.5. The summed E-state index contributed by atoms with van der Waals surface area (Å²) in [6, 6.07) is 17.4. The molecule has 0 aromatic heterocycles. The van der Waals surface area contributed by atoms with E-state index in [9.17, 15) is 18.0 Å². The predicted octanol–water partition coefficient (Wildman–Crippen LogP) is 3.63. The van der Waals surface area contributed by atoms with Gasteiger partial charge in [-0.15, -0.1) is 0 Å². The summed E-state index contributed by atoms with van der Waals surface area (Å²) in [7, 11) is -3.98. The number of esters is 1. The van der Waals surface area contributed by atoms with E-state index in [-0.39, 0.29) is 18.1 Å². The maximum Gasteiger partial charge on any atom is 0.408 e.